The Bertz CT molecular complexity index is 1630. The van der Waals surface area contributed by atoms with Crippen LogP contribution in [0.3, 0.4) is 0 Å². The van der Waals surface area contributed by atoms with Gasteiger partial charge in [-0.15, -0.1) is 0 Å². The van der Waals surface area contributed by atoms with Crippen molar-refractivity contribution in [3.63, 3.8) is 0 Å². The zero-order valence-electron chi connectivity index (χ0n) is 24.2. The Morgan fingerprint density at radius 1 is 1.26 bits per heavy atom. The molecule has 0 spiro atoms. The summed E-state index contributed by atoms with van der Waals surface area (Å²) in [5, 5.41) is 20.1. The van der Waals surface area contributed by atoms with Crippen molar-refractivity contribution in [2.75, 3.05) is 18.1 Å². The lowest BCUT2D eigenvalue weighted by Gasteiger charge is -2.29. The van der Waals surface area contributed by atoms with Gasteiger partial charge < -0.3 is 19.3 Å². The monoisotopic (exact) mass is 612 g/mol. The summed E-state index contributed by atoms with van der Waals surface area (Å²) in [5.41, 5.74) is 2.31. The van der Waals surface area contributed by atoms with Gasteiger partial charge in [-0.3, -0.25) is 14.3 Å². The number of aromatic nitrogens is 5. The molecule has 1 aliphatic heterocycles. The maximum Gasteiger partial charge on any atom is 0.412 e. The molecular weight excluding hydrogens is 579 g/mol. The second-order valence-electron chi connectivity index (χ2n) is 11.4. The molecule has 1 amide bonds. The van der Waals surface area contributed by atoms with Gasteiger partial charge in [-0.05, 0) is 58.6 Å². The first-order valence-electron chi connectivity index (χ1n) is 14.5. The van der Waals surface area contributed by atoms with Crippen LogP contribution < -0.4 is 9.64 Å². The normalized spacial score (nSPS) is 21.7. The lowest BCUT2D eigenvalue weighted by molar-refractivity contribution is -0.139. The Labute approximate surface area is 253 Å². The largest absolute Gasteiger partial charge is 0.487 e. The Morgan fingerprint density at radius 2 is 2.05 bits per heavy atom. The maximum absolute atomic E-state index is 14.4. The molecule has 1 saturated carbocycles. The number of carboxylic acid groups (broad SMARTS) is 1. The van der Waals surface area contributed by atoms with Gasteiger partial charge in [0.15, 0.2) is 17.4 Å². The molecule has 43 heavy (non-hydrogen) atoms. The summed E-state index contributed by atoms with van der Waals surface area (Å²) >= 11 is 5.93. The number of carbonyl (C=O) groups is 1. The maximum atomic E-state index is 14.4. The van der Waals surface area contributed by atoms with Crippen LogP contribution in [-0.4, -0.2) is 66.9 Å². The molecule has 1 aromatic carbocycles. The van der Waals surface area contributed by atoms with E-state index in [2.05, 4.69) is 10.1 Å². The summed E-state index contributed by atoms with van der Waals surface area (Å²) in [6.07, 6.45) is 6.89. The summed E-state index contributed by atoms with van der Waals surface area (Å²) in [7, 11) is 0. The van der Waals surface area contributed by atoms with E-state index in [1.807, 2.05) is 29.4 Å². The van der Waals surface area contributed by atoms with Crippen LogP contribution >= 0.6 is 11.6 Å². The van der Waals surface area contributed by atoms with Crippen molar-refractivity contribution < 1.29 is 28.5 Å². The Balaban J connectivity index is 1.28. The molecule has 0 unspecified atom stereocenters. The summed E-state index contributed by atoms with van der Waals surface area (Å²) in [5.74, 6) is -0.681. The standard InChI is InChI=1S/C30H34ClFN6O5/c1-4-37(29(39)40)26-12-24-22(14-33-26)28(18-13-34-36(15-18)16-21-17-41-30(2,3)43-21)35-38(24)19-8-10-20(11-9-19)42-25-7-5-6-23(31)27(25)32/h5-7,12-15,19-21H,4,8-11,16-17H2,1-3H3,(H,39,40)/t19?,20?,21-/m1/s1. The number of fused-ring (bicyclic) bond motifs is 1. The fraction of sp³-hybridized carbons (Fsp3) is 0.467. The van der Waals surface area contributed by atoms with Crippen molar-refractivity contribution in [2.24, 2.45) is 0 Å². The van der Waals surface area contributed by atoms with Gasteiger partial charge >= 0.3 is 6.09 Å². The molecule has 0 bridgehead atoms. The molecule has 0 radical (unpaired) electrons. The molecule has 11 nitrogen and oxygen atoms in total. The average molecular weight is 613 g/mol. The molecule has 3 aromatic heterocycles. The smallest absolute Gasteiger partial charge is 0.412 e. The molecule has 1 aliphatic carbocycles. The molecule has 1 N–H and O–H groups in total. The molecule has 1 saturated heterocycles. The first-order valence-corrected chi connectivity index (χ1v) is 14.8. The van der Waals surface area contributed by atoms with Gasteiger partial charge in [0, 0.05) is 36.0 Å². The van der Waals surface area contributed by atoms with E-state index in [1.165, 1.54) is 11.0 Å². The molecule has 1 atom stereocenters. The fourth-order valence-electron chi connectivity index (χ4n) is 5.87. The minimum atomic E-state index is -1.07. The summed E-state index contributed by atoms with van der Waals surface area (Å²) in [4.78, 5) is 17.6. The van der Waals surface area contributed by atoms with Crippen LogP contribution in [0.15, 0.2) is 42.9 Å². The van der Waals surface area contributed by atoms with E-state index in [9.17, 15) is 14.3 Å². The third-order valence-electron chi connectivity index (χ3n) is 7.97. The van der Waals surface area contributed by atoms with Crippen molar-refractivity contribution in [3.8, 4) is 17.0 Å². The number of pyridine rings is 1. The van der Waals surface area contributed by atoms with Crippen LogP contribution in [0.5, 0.6) is 5.75 Å². The highest BCUT2D eigenvalue weighted by Gasteiger charge is 2.33. The topological polar surface area (TPSA) is 117 Å². The van der Waals surface area contributed by atoms with E-state index in [0.717, 1.165) is 29.3 Å². The van der Waals surface area contributed by atoms with E-state index < -0.39 is 17.7 Å². The van der Waals surface area contributed by atoms with E-state index in [1.54, 1.807) is 37.5 Å². The van der Waals surface area contributed by atoms with E-state index in [0.29, 0.717) is 37.5 Å². The van der Waals surface area contributed by atoms with Gasteiger partial charge in [0.2, 0.25) is 0 Å². The number of hydrogen-bond donors (Lipinski definition) is 1. The highest BCUT2D eigenvalue weighted by molar-refractivity contribution is 6.30. The molecule has 4 aromatic rings. The number of anilines is 1. The SMILES string of the molecule is CCN(C(=O)O)c1cc2c(cn1)c(-c1cnn(C[C@@H]3COC(C)(C)O3)c1)nn2C1CCC(Oc2cccc(Cl)c2F)CC1. The van der Waals surface area contributed by atoms with Crippen LogP contribution in [0.25, 0.3) is 22.2 Å². The van der Waals surface area contributed by atoms with Gasteiger partial charge in [-0.1, -0.05) is 17.7 Å². The first-order chi connectivity index (χ1) is 20.6. The second-order valence-corrected chi connectivity index (χ2v) is 11.8. The summed E-state index contributed by atoms with van der Waals surface area (Å²) in [6, 6.07) is 6.56. The molecule has 4 heterocycles. The van der Waals surface area contributed by atoms with Crippen molar-refractivity contribution >= 4 is 34.4 Å². The van der Waals surface area contributed by atoms with Crippen molar-refractivity contribution in [3.05, 3.63) is 53.7 Å². The number of benzene rings is 1. The zero-order valence-corrected chi connectivity index (χ0v) is 25.0. The Kier molecular flexibility index (Phi) is 8.01. The van der Waals surface area contributed by atoms with E-state index >= 15 is 0 Å². The van der Waals surface area contributed by atoms with E-state index in [4.69, 9.17) is 30.9 Å². The van der Waals surface area contributed by atoms with Crippen molar-refractivity contribution in [1.29, 1.82) is 0 Å². The van der Waals surface area contributed by atoms with Gasteiger partial charge in [0.25, 0.3) is 0 Å². The van der Waals surface area contributed by atoms with Crippen LogP contribution in [0.4, 0.5) is 15.0 Å². The van der Waals surface area contributed by atoms with Crippen LogP contribution in [0.2, 0.25) is 5.02 Å². The number of nitrogens with zero attached hydrogens (tertiary/aromatic N) is 6. The van der Waals surface area contributed by atoms with Crippen LogP contribution in [0, 0.1) is 5.82 Å². The van der Waals surface area contributed by atoms with Gasteiger partial charge in [0.05, 0.1) is 42.0 Å². The molecule has 6 rings (SSSR count). The van der Waals surface area contributed by atoms with Gasteiger partial charge in [0.1, 0.15) is 17.6 Å². The highest BCUT2D eigenvalue weighted by Crippen LogP contribution is 2.37. The number of hydrogen-bond acceptors (Lipinski definition) is 7. The predicted molar refractivity (Wildman–Crippen MR) is 158 cm³/mol. The van der Waals surface area contributed by atoms with Crippen molar-refractivity contribution in [1.82, 2.24) is 24.5 Å². The third kappa shape index (κ3) is 6.04. The minimum absolute atomic E-state index is 0.0248. The first kappa shape index (κ1) is 29.3. The van der Waals surface area contributed by atoms with Crippen LogP contribution in [0.1, 0.15) is 52.5 Å². The average Bonchev–Trinajstić information content (AvgIpc) is 3.68. The van der Waals surface area contributed by atoms with Crippen molar-refractivity contribution in [2.45, 2.75) is 77.0 Å². The Hall–Kier alpha value is -3.74. The lowest BCUT2D eigenvalue weighted by atomic mass is 9.93. The molecule has 228 valence electrons. The van der Waals surface area contributed by atoms with Gasteiger partial charge in [-0.25, -0.2) is 14.2 Å². The quantitative estimate of drug-likeness (QED) is 0.246. The second kappa shape index (κ2) is 11.7. The van der Waals surface area contributed by atoms with Gasteiger partial charge in [-0.2, -0.15) is 10.2 Å². The zero-order chi connectivity index (χ0) is 30.3. The molecule has 2 fully saturated rings. The summed E-state index contributed by atoms with van der Waals surface area (Å²) < 4.78 is 35.8. The van der Waals surface area contributed by atoms with Crippen LogP contribution in [-0.2, 0) is 16.0 Å². The molecule has 13 heteroatoms. The number of rotatable bonds is 8. The number of amides is 1. The predicted octanol–water partition coefficient (Wildman–Crippen LogP) is 6.31. The lowest BCUT2D eigenvalue weighted by Crippen LogP contribution is -2.29. The number of halogens is 2. The Morgan fingerprint density at radius 3 is 2.74 bits per heavy atom. The third-order valence-corrected chi connectivity index (χ3v) is 8.26. The number of ether oxygens (including phenoxy) is 3. The van der Waals surface area contributed by atoms with E-state index in [-0.39, 0.29) is 35.6 Å². The molecular formula is C30H34ClFN6O5. The summed E-state index contributed by atoms with van der Waals surface area (Å²) in [6.45, 7) is 6.82. The molecule has 2 aliphatic rings. The fourth-order valence-corrected chi connectivity index (χ4v) is 6.03. The highest BCUT2D eigenvalue weighted by atomic mass is 35.5. The minimum Gasteiger partial charge on any atom is -0.487 e.